The van der Waals surface area contributed by atoms with Crippen molar-refractivity contribution in [2.45, 2.75) is 33.4 Å². The zero-order valence-electron chi connectivity index (χ0n) is 12.1. The van der Waals surface area contributed by atoms with Crippen LogP contribution in [0.5, 0.6) is 5.75 Å². The van der Waals surface area contributed by atoms with Crippen LogP contribution in [0.1, 0.15) is 35.2 Å². The van der Waals surface area contributed by atoms with E-state index >= 15 is 0 Å². The van der Waals surface area contributed by atoms with Crippen molar-refractivity contribution in [3.63, 3.8) is 0 Å². The summed E-state index contributed by atoms with van der Waals surface area (Å²) in [5.74, 6) is -0.108. The van der Waals surface area contributed by atoms with Gasteiger partial charge in [0.1, 0.15) is 6.61 Å². The molecule has 2 N–H and O–H groups in total. The highest BCUT2D eigenvalue weighted by molar-refractivity contribution is 5.35. The van der Waals surface area contributed by atoms with Crippen LogP contribution in [0.4, 0.5) is 4.39 Å². The van der Waals surface area contributed by atoms with Crippen LogP contribution in [0.3, 0.4) is 0 Å². The van der Waals surface area contributed by atoms with Crippen molar-refractivity contribution >= 4 is 0 Å². The van der Waals surface area contributed by atoms with Crippen LogP contribution in [-0.2, 0) is 6.61 Å². The van der Waals surface area contributed by atoms with Gasteiger partial charge in [0.2, 0.25) is 0 Å². The minimum atomic E-state index is -0.369. The van der Waals surface area contributed by atoms with Gasteiger partial charge in [-0.15, -0.1) is 0 Å². The molecule has 0 aliphatic heterocycles. The fraction of sp³-hybridized carbons (Fsp3) is 0.294. The minimum Gasteiger partial charge on any atom is -0.486 e. The normalized spacial score (nSPS) is 12.2. The minimum absolute atomic E-state index is 0.183. The molecule has 0 aliphatic rings. The molecule has 0 fully saturated rings. The van der Waals surface area contributed by atoms with Gasteiger partial charge in [-0.05, 0) is 55.2 Å². The molecule has 0 radical (unpaired) electrons. The van der Waals surface area contributed by atoms with Crippen molar-refractivity contribution in [3.8, 4) is 5.75 Å². The van der Waals surface area contributed by atoms with Crippen LogP contribution in [-0.4, -0.2) is 0 Å². The molecule has 106 valence electrons. The second-order valence-electron chi connectivity index (χ2n) is 5.14. The van der Waals surface area contributed by atoms with E-state index in [0.717, 1.165) is 22.3 Å². The summed E-state index contributed by atoms with van der Waals surface area (Å²) in [6.07, 6.45) is 0. The number of ether oxygens (including phenoxy) is 1. The molecule has 0 amide bonds. The van der Waals surface area contributed by atoms with Crippen LogP contribution < -0.4 is 10.5 Å². The van der Waals surface area contributed by atoms with Crippen molar-refractivity contribution in [3.05, 3.63) is 64.5 Å². The number of rotatable bonds is 4. The van der Waals surface area contributed by atoms with Gasteiger partial charge in [0.15, 0.2) is 11.6 Å². The standard InChI is InChI=1S/C17H20FNO/c1-11-5-4-6-12(2)15(11)10-20-17-8-7-14(13(3)19)9-16(17)18/h4-9,13H,10,19H2,1-3H3/t13-/m1/s1. The van der Waals surface area contributed by atoms with Crippen molar-refractivity contribution in [1.82, 2.24) is 0 Å². The highest BCUT2D eigenvalue weighted by atomic mass is 19.1. The van der Waals surface area contributed by atoms with E-state index in [2.05, 4.69) is 0 Å². The van der Waals surface area contributed by atoms with Gasteiger partial charge in [-0.1, -0.05) is 24.3 Å². The first-order valence-corrected chi connectivity index (χ1v) is 6.72. The van der Waals surface area contributed by atoms with E-state index in [1.165, 1.54) is 6.07 Å². The van der Waals surface area contributed by atoms with E-state index in [1.807, 2.05) is 39.0 Å². The zero-order chi connectivity index (χ0) is 14.7. The fourth-order valence-corrected chi connectivity index (χ4v) is 2.14. The van der Waals surface area contributed by atoms with Gasteiger partial charge in [0, 0.05) is 6.04 Å². The Morgan fingerprint density at radius 1 is 1.15 bits per heavy atom. The Balaban J connectivity index is 2.15. The molecule has 1 atom stereocenters. The third kappa shape index (κ3) is 3.17. The van der Waals surface area contributed by atoms with E-state index < -0.39 is 0 Å². The van der Waals surface area contributed by atoms with Crippen LogP contribution in [0.25, 0.3) is 0 Å². The van der Waals surface area contributed by atoms with Gasteiger partial charge in [-0.3, -0.25) is 0 Å². The third-order valence-electron chi connectivity index (χ3n) is 3.50. The van der Waals surface area contributed by atoms with Crippen LogP contribution in [0.2, 0.25) is 0 Å². The zero-order valence-corrected chi connectivity index (χ0v) is 12.1. The Bertz CT molecular complexity index is 588. The maximum Gasteiger partial charge on any atom is 0.165 e. The number of benzene rings is 2. The summed E-state index contributed by atoms with van der Waals surface area (Å²) in [6.45, 7) is 6.25. The molecule has 20 heavy (non-hydrogen) atoms. The van der Waals surface area contributed by atoms with Gasteiger partial charge in [0.25, 0.3) is 0 Å². The smallest absolute Gasteiger partial charge is 0.165 e. The van der Waals surface area contributed by atoms with E-state index in [-0.39, 0.29) is 17.6 Å². The SMILES string of the molecule is Cc1cccc(C)c1COc1ccc([C@@H](C)N)cc1F. The molecule has 3 heteroatoms. The fourth-order valence-electron chi connectivity index (χ4n) is 2.14. The van der Waals surface area contributed by atoms with Crippen LogP contribution >= 0.6 is 0 Å². The van der Waals surface area contributed by atoms with E-state index in [9.17, 15) is 4.39 Å². The summed E-state index contributed by atoms with van der Waals surface area (Å²) in [4.78, 5) is 0. The lowest BCUT2D eigenvalue weighted by Crippen LogP contribution is -2.06. The van der Waals surface area contributed by atoms with Gasteiger partial charge in [-0.2, -0.15) is 0 Å². The number of hydrogen-bond donors (Lipinski definition) is 1. The Kier molecular flexibility index (Phi) is 4.40. The Hall–Kier alpha value is -1.87. The van der Waals surface area contributed by atoms with E-state index in [1.54, 1.807) is 12.1 Å². The van der Waals surface area contributed by atoms with E-state index in [4.69, 9.17) is 10.5 Å². The predicted octanol–water partition coefficient (Wildman–Crippen LogP) is 4.04. The summed E-state index contributed by atoms with van der Waals surface area (Å²) < 4.78 is 19.5. The predicted molar refractivity (Wildman–Crippen MR) is 79.3 cm³/mol. The summed E-state index contributed by atoms with van der Waals surface area (Å²) in [5.41, 5.74) is 9.90. The molecule has 0 bridgehead atoms. The molecule has 0 aliphatic carbocycles. The molecular formula is C17H20FNO. The highest BCUT2D eigenvalue weighted by Gasteiger charge is 2.09. The number of aryl methyl sites for hydroxylation is 2. The molecule has 0 heterocycles. The second kappa shape index (κ2) is 6.06. The van der Waals surface area contributed by atoms with Gasteiger partial charge in [-0.25, -0.2) is 4.39 Å². The topological polar surface area (TPSA) is 35.2 Å². The average molecular weight is 273 g/mol. The lowest BCUT2D eigenvalue weighted by molar-refractivity contribution is 0.288. The number of nitrogens with two attached hydrogens (primary N) is 1. The van der Waals surface area contributed by atoms with Crippen molar-refractivity contribution in [2.75, 3.05) is 0 Å². The van der Waals surface area contributed by atoms with Crippen molar-refractivity contribution in [2.24, 2.45) is 5.73 Å². The quantitative estimate of drug-likeness (QED) is 0.912. The van der Waals surface area contributed by atoms with Crippen LogP contribution in [0, 0.1) is 19.7 Å². The summed E-state index contributed by atoms with van der Waals surface area (Å²) in [5, 5.41) is 0. The Morgan fingerprint density at radius 3 is 2.35 bits per heavy atom. The van der Waals surface area contributed by atoms with Crippen molar-refractivity contribution < 1.29 is 9.13 Å². The summed E-state index contributed by atoms with van der Waals surface area (Å²) >= 11 is 0. The van der Waals surface area contributed by atoms with Gasteiger partial charge < -0.3 is 10.5 Å². The monoisotopic (exact) mass is 273 g/mol. The molecule has 0 saturated heterocycles. The molecular weight excluding hydrogens is 253 g/mol. The second-order valence-corrected chi connectivity index (χ2v) is 5.14. The maximum absolute atomic E-state index is 13.9. The lowest BCUT2D eigenvalue weighted by Gasteiger charge is -2.13. The van der Waals surface area contributed by atoms with Crippen molar-refractivity contribution in [1.29, 1.82) is 0 Å². The summed E-state index contributed by atoms with van der Waals surface area (Å²) in [7, 11) is 0. The average Bonchev–Trinajstić information content (AvgIpc) is 2.39. The maximum atomic E-state index is 13.9. The first-order valence-electron chi connectivity index (χ1n) is 6.72. The first-order chi connectivity index (χ1) is 9.49. The van der Waals surface area contributed by atoms with Gasteiger partial charge >= 0.3 is 0 Å². The Morgan fingerprint density at radius 2 is 1.80 bits per heavy atom. The largest absolute Gasteiger partial charge is 0.486 e. The highest BCUT2D eigenvalue weighted by Crippen LogP contribution is 2.23. The lowest BCUT2D eigenvalue weighted by atomic mass is 10.0. The molecule has 0 spiro atoms. The molecule has 0 saturated carbocycles. The molecule has 2 rings (SSSR count). The number of halogens is 1. The molecule has 2 aromatic rings. The first kappa shape index (κ1) is 14.5. The molecule has 0 aromatic heterocycles. The summed E-state index contributed by atoms with van der Waals surface area (Å²) in [6, 6.07) is 10.8. The third-order valence-corrected chi connectivity index (χ3v) is 3.50. The number of hydrogen-bond acceptors (Lipinski definition) is 2. The molecule has 2 nitrogen and oxygen atoms in total. The molecule has 0 unspecified atom stereocenters. The van der Waals surface area contributed by atoms with Gasteiger partial charge in [0.05, 0.1) is 0 Å². The Labute approximate surface area is 119 Å². The van der Waals surface area contributed by atoms with E-state index in [0.29, 0.717) is 6.61 Å². The van der Waals surface area contributed by atoms with Crippen LogP contribution in [0.15, 0.2) is 36.4 Å². The molecule has 2 aromatic carbocycles.